The molecular weight excluding hydrogens is 330 g/mol. The fourth-order valence-corrected chi connectivity index (χ4v) is 4.68. The average Bonchev–Trinajstić information content (AvgIpc) is 3.08. The first-order valence-electron chi connectivity index (χ1n) is 9.07. The Balaban J connectivity index is 1.44. The van der Waals surface area contributed by atoms with Gasteiger partial charge in [-0.2, -0.15) is 11.3 Å². The van der Waals surface area contributed by atoms with E-state index in [1.165, 1.54) is 18.4 Å². The van der Waals surface area contributed by atoms with Crippen LogP contribution in [0.4, 0.5) is 5.69 Å². The lowest BCUT2D eigenvalue weighted by Gasteiger charge is -2.29. The number of carbonyl (C=O) groups excluding carboxylic acids is 1. The van der Waals surface area contributed by atoms with E-state index in [9.17, 15) is 4.79 Å². The van der Waals surface area contributed by atoms with Crippen molar-refractivity contribution in [3.63, 3.8) is 0 Å². The maximum absolute atomic E-state index is 13.0. The molecule has 1 aromatic heterocycles. The minimum atomic E-state index is 0.204. The van der Waals surface area contributed by atoms with Gasteiger partial charge in [0, 0.05) is 18.3 Å². The zero-order valence-corrected chi connectivity index (χ0v) is 15.2. The Bertz CT molecular complexity index is 695. The van der Waals surface area contributed by atoms with Crippen LogP contribution < -0.4 is 10.6 Å². The van der Waals surface area contributed by atoms with Gasteiger partial charge >= 0.3 is 0 Å². The van der Waals surface area contributed by atoms with E-state index in [0.29, 0.717) is 18.0 Å². The van der Waals surface area contributed by atoms with E-state index in [-0.39, 0.29) is 5.91 Å². The normalized spacial score (nSPS) is 21.0. The van der Waals surface area contributed by atoms with Gasteiger partial charge in [0.25, 0.3) is 0 Å². The van der Waals surface area contributed by atoms with E-state index >= 15 is 0 Å². The first-order chi connectivity index (χ1) is 12.3. The van der Waals surface area contributed by atoms with E-state index < -0.39 is 0 Å². The highest BCUT2D eigenvalue weighted by Crippen LogP contribution is 2.56. The minimum absolute atomic E-state index is 0.204. The number of carbonyl (C=O) groups is 1. The largest absolute Gasteiger partial charge is 0.376 e. The molecule has 1 spiro atoms. The number of anilines is 1. The number of thiophene rings is 1. The predicted molar refractivity (Wildman–Crippen MR) is 103 cm³/mol. The molecule has 1 aromatic carbocycles. The first-order valence-corrected chi connectivity index (χ1v) is 10.0. The van der Waals surface area contributed by atoms with Gasteiger partial charge in [-0.25, -0.2) is 0 Å². The Morgan fingerprint density at radius 2 is 2.04 bits per heavy atom. The number of rotatable bonds is 6. The second-order valence-corrected chi connectivity index (χ2v) is 7.99. The SMILES string of the molecule is O=C(CNc1ccccc1)N(Cc1ccsc1)C1CC12CCNCC2. The van der Waals surface area contributed by atoms with Crippen molar-refractivity contribution in [1.82, 2.24) is 10.2 Å². The highest BCUT2D eigenvalue weighted by molar-refractivity contribution is 7.07. The average molecular weight is 356 g/mol. The molecule has 0 bridgehead atoms. The summed E-state index contributed by atoms with van der Waals surface area (Å²) in [5, 5.41) is 11.0. The quantitative estimate of drug-likeness (QED) is 0.835. The Morgan fingerprint density at radius 1 is 1.24 bits per heavy atom. The molecule has 1 aliphatic heterocycles. The fraction of sp³-hybridized carbons (Fsp3) is 0.450. The molecule has 4 nitrogen and oxygen atoms in total. The van der Waals surface area contributed by atoms with Crippen molar-refractivity contribution in [2.24, 2.45) is 5.41 Å². The number of hydrogen-bond acceptors (Lipinski definition) is 4. The summed E-state index contributed by atoms with van der Waals surface area (Å²) >= 11 is 1.70. The van der Waals surface area contributed by atoms with Crippen LogP contribution in [0.1, 0.15) is 24.8 Å². The standard InChI is InChI=1S/C20H25N3OS/c24-19(13-22-17-4-2-1-3-5-17)23(14-16-6-11-25-15-16)18-12-20(18)7-9-21-10-8-20/h1-6,11,15,18,21-22H,7-10,12-14H2. The van der Waals surface area contributed by atoms with E-state index in [1.54, 1.807) is 11.3 Å². The van der Waals surface area contributed by atoms with Crippen molar-refractivity contribution < 1.29 is 4.79 Å². The third-order valence-electron chi connectivity index (χ3n) is 5.59. The summed E-state index contributed by atoms with van der Waals surface area (Å²) in [7, 11) is 0. The Labute approximate surface area is 153 Å². The zero-order chi connectivity index (χ0) is 17.1. The molecule has 1 saturated heterocycles. The molecule has 2 aliphatic rings. The number of nitrogens with one attached hydrogen (secondary N) is 2. The highest BCUT2D eigenvalue weighted by Gasteiger charge is 2.57. The molecule has 2 N–H and O–H groups in total. The van der Waals surface area contributed by atoms with Gasteiger partial charge in [-0.1, -0.05) is 18.2 Å². The van der Waals surface area contributed by atoms with Gasteiger partial charge in [0.05, 0.1) is 6.54 Å². The van der Waals surface area contributed by atoms with Crippen LogP contribution in [0.5, 0.6) is 0 Å². The molecule has 1 amide bonds. The van der Waals surface area contributed by atoms with Crippen molar-refractivity contribution >= 4 is 22.9 Å². The Kier molecular flexibility index (Phi) is 4.77. The second-order valence-electron chi connectivity index (χ2n) is 7.21. The van der Waals surface area contributed by atoms with Crippen molar-refractivity contribution in [3.05, 3.63) is 52.7 Å². The molecule has 2 aromatic rings. The van der Waals surface area contributed by atoms with E-state index in [1.807, 2.05) is 30.3 Å². The summed E-state index contributed by atoms with van der Waals surface area (Å²) < 4.78 is 0. The molecular formula is C20H25N3OS. The molecule has 2 fully saturated rings. The van der Waals surface area contributed by atoms with Gasteiger partial charge in [-0.15, -0.1) is 0 Å². The van der Waals surface area contributed by atoms with Crippen LogP contribution in [0.25, 0.3) is 0 Å². The second kappa shape index (κ2) is 7.18. The van der Waals surface area contributed by atoms with E-state index in [0.717, 1.165) is 31.7 Å². The summed E-state index contributed by atoms with van der Waals surface area (Å²) in [6.45, 7) is 3.26. The van der Waals surface area contributed by atoms with Crippen molar-refractivity contribution in [3.8, 4) is 0 Å². The van der Waals surface area contributed by atoms with Gasteiger partial charge in [0.2, 0.25) is 5.91 Å². The van der Waals surface area contributed by atoms with Crippen molar-refractivity contribution in [2.75, 3.05) is 25.0 Å². The number of hydrogen-bond donors (Lipinski definition) is 2. The van der Waals surface area contributed by atoms with Gasteiger partial charge in [-0.3, -0.25) is 4.79 Å². The lowest BCUT2D eigenvalue weighted by atomic mass is 9.93. The number of benzene rings is 1. The van der Waals surface area contributed by atoms with Crippen LogP contribution in [0, 0.1) is 5.41 Å². The van der Waals surface area contributed by atoms with Crippen LogP contribution in [0.15, 0.2) is 47.2 Å². The Hall–Kier alpha value is -1.85. The number of amides is 1. The van der Waals surface area contributed by atoms with Crippen LogP contribution in [-0.2, 0) is 11.3 Å². The summed E-state index contributed by atoms with van der Waals surface area (Å²) in [5.41, 5.74) is 2.61. The molecule has 1 unspecified atom stereocenters. The molecule has 0 radical (unpaired) electrons. The fourth-order valence-electron chi connectivity index (χ4n) is 4.02. The molecule has 1 saturated carbocycles. The van der Waals surface area contributed by atoms with Crippen LogP contribution in [0.2, 0.25) is 0 Å². The molecule has 4 rings (SSSR count). The van der Waals surface area contributed by atoms with Crippen molar-refractivity contribution in [2.45, 2.75) is 31.8 Å². The number of nitrogens with zero attached hydrogens (tertiary/aromatic N) is 1. The topological polar surface area (TPSA) is 44.4 Å². The Morgan fingerprint density at radius 3 is 2.76 bits per heavy atom. The molecule has 2 heterocycles. The molecule has 1 atom stereocenters. The van der Waals surface area contributed by atoms with E-state index in [2.05, 4.69) is 32.4 Å². The lowest BCUT2D eigenvalue weighted by molar-refractivity contribution is -0.131. The zero-order valence-electron chi connectivity index (χ0n) is 14.4. The monoisotopic (exact) mass is 355 g/mol. The number of para-hydroxylation sites is 1. The lowest BCUT2D eigenvalue weighted by Crippen LogP contribution is -2.41. The molecule has 1 aliphatic carbocycles. The van der Waals surface area contributed by atoms with Gasteiger partial charge in [0.1, 0.15) is 0 Å². The summed E-state index contributed by atoms with van der Waals surface area (Å²) in [6.07, 6.45) is 3.55. The summed E-state index contributed by atoms with van der Waals surface area (Å²) in [5.74, 6) is 0.204. The van der Waals surface area contributed by atoms with Gasteiger partial charge in [0.15, 0.2) is 0 Å². The van der Waals surface area contributed by atoms with Gasteiger partial charge < -0.3 is 15.5 Å². The first kappa shape index (κ1) is 16.6. The minimum Gasteiger partial charge on any atom is -0.376 e. The van der Waals surface area contributed by atoms with Gasteiger partial charge in [-0.05, 0) is 72.3 Å². The van der Waals surface area contributed by atoms with E-state index in [4.69, 9.17) is 0 Å². The van der Waals surface area contributed by atoms with Crippen LogP contribution >= 0.6 is 11.3 Å². The highest BCUT2D eigenvalue weighted by atomic mass is 32.1. The predicted octanol–water partition coefficient (Wildman–Crippen LogP) is 3.33. The molecule has 5 heteroatoms. The maximum atomic E-state index is 13.0. The summed E-state index contributed by atoms with van der Waals surface area (Å²) in [6, 6.07) is 12.5. The van der Waals surface area contributed by atoms with Crippen LogP contribution in [-0.4, -0.2) is 36.5 Å². The maximum Gasteiger partial charge on any atom is 0.242 e. The number of piperidine rings is 1. The van der Waals surface area contributed by atoms with Crippen molar-refractivity contribution in [1.29, 1.82) is 0 Å². The third kappa shape index (κ3) is 3.72. The molecule has 132 valence electrons. The summed E-state index contributed by atoms with van der Waals surface area (Å²) in [4.78, 5) is 15.1. The van der Waals surface area contributed by atoms with Crippen LogP contribution in [0.3, 0.4) is 0 Å². The third-order valence-corrected chi connectivity index (χ3v) is 6.33. The molecule has 25 heavy (non-hydrogen) atoms. The smallest absolute Gasteiger partial charge is 0.242 e.